The lowest BCUT2D eigenvalue weighted by Crippen LogP contribution is -1.70. The third-order valence-electron chi connectivity index (χ3n) is 2.34. The normalized spacial score (nSPS) is 10.3. The van der Waals surface area contributed by atoms with Crippen molar-refractivity contribution in [1.82, 2.24) is 9.97 Å². The van der Waals surface area contributed by atoms with Crippen LogP contribution in [0.1, 0.15) is 19.4 Å². The van der Waals surface area contributed by atoms with Crippen LogP contribution in [0.4, 0.5) is 0 Å². The van der Waals surface area contributed by atoms with Crippen LogP contribution in [0, 0.1) is 6.92 Å². The summed E-state index contributed by atoms with van der Waals surface area (Å²) in [4.78, 5) is 7.28. The zero-order chi connectivity index (χ0) is 10.8. The summed E-state index contributed by atoms with van der Waals surface area (Å²) in [5.74, 6) is 0. The summed E-state index contributed by atoms with van der Waals surface area (Å²) >= 11 is 0. The van der Waals surface area contributed by atoms with E-state index in [1.165, 1.54) is 17.3 Å². The molecule has 78 valence electrons. The van der Waals surface area contributed by atoms with Crippen LogP contribution in [0.15, 0.2) is 29.1 Å². The summed E-state index contributed by atoms with van der Waals surface area (Å²) in [6.07, 6.45) is 3.46. The molecule has 0 aliphatic heterocycles. The van der Waals surface area contributed by atoms with Gasteiger partial charge in [-0.15, -0.1) is 0 Å². The molecule has 0 atom stereocenters. The Morgan fingerprint density at radius 1 is 1.27 bits per heavy atom. The zero-order valence-corrected chi connectivity index (χ0v) is 9.16. The molecular weight excluding hydrogens is 188 g/mol. The molecule has 3 rings (SSSR count). The minimum Gasteiger partial charge on any atom is -0.443 e. The first-order chi connectivity index (χ1) is 7.34. The molecule has 0 unspecified atom stereocenters. The lowest BCUT2D eigenvalue weighted by Gasteiger charge is -1.90. The molecule has 0 aliphatic carbocycles. The third kappa shape index (κ3) is 1.50. The van der Waals surface area contributed by atoms with Gasteiger partial charge in [0, 0.05) is 17.1 Å². The SMILES string of the molecule is CC.Cc1c[nH]c2cc3ncoc3cc12. The first kappa shape index (κ1) is 9.77. The van der Waals surface area contributed by atoms with Crippen LogP contribution in [-0.4, -0.2) is 9.97 Å². The van der Waals surface area contributed by atoms with Gasteiger partial charge in [-0.2, -0.15) is 0 Å². The zero-order valence-electron chi connectivity index (χ0n) is 9.16. The Bertz CT molecular complexity index is 577. The fourth-order valence-electron chi connectivity index (χ4n) is 1.61. The van der Waals surface area contributed by atoms with Gasteiger partial charge in [0.15, 0.2) is 12.0 Å². The maximum absolute atomic E-state index is 5.23. The maximum atomic E-state index is 5.23. The van der Waals surface area contributed by atoms with Gasteiger partial charge in [0.05, 0.1) is 0 Å². The monoisotopic (exact) mass is 202 g/mol. The first-order valence-electron chi connectivity index (χ1n) is 5.15. The number of hydrogen-bond donors (Lipinski definition) is 1. The summed E-state index contributed by atoms with van der Waals surface area (Å²) in [5.41, 5.74) is 4.08. The largest absolute Gasteiger partial charge is 0.443 e. The van der Waals surface area contributed by atoms with E-state index in [2.05, 4.69) is 16.9 Å². The van der Waals surface area contributed by atoms with Crippen molar-refractivity contribution in [1.29, 1.82) is 0 Å². The quantitative estimate of drug-likeness (QED) is 0.604. The summed E-state index contributed by atoms with van der Waals surface area (Å²) in [6.45, 7) is 6.07. The van der Waals surface area contributed by atoms with Gasteiger partial charge in [-0.05, 0) is 24.6 Å². The van der Waals surface area contributed by atoms with Gasteiger partial charge in [-0.1, -0.05) is 13.8 Å². The van der Waals surface area contributed by atoms with Crippen LogP contribution in [-0.2, 0) is 0 Å². The van der Waals surface area contributed by atoms with Crippen molar-refractivity contribution < 1.29 is 4.42 Å². The Hall–Kier alpha value is -1.77. The Labute approximate surface area is 88.1 Å². The second-order valence-corrected chi connectivity index (χ2v) is 3.19. The van der Waals surface area contributed by atoms with E-state index in [1.807, 2.05) is 32.2 Å². The number of aromatic amines is 1. The standard InChI is InChI=1S/C10H8N2O.C2H6/c1-6-4-11-8-3-9-10(2-7(6)8)13-5-12-9;1-2/h2-5,11H,1H3;1-2H3. The van der Waals surface area contributed by atoms with Gasteiger partial charge in [0.2, 0.25) is 0 Å². The van der Waals surface area contributed by atoms with E-state index in [0.717, 1.165) is 16.6 Å². The number of oxazole rings is 1. The molecule has 0 fully saturated rings. The van der Waals surface area contributed by atoms with Gasteiger partial charge in [-0.3, -0.25) is 0 Å². The van der Waals surface area contributed by atoms with Crippen molar-refractivity contribution in [3.63, 3.8) is 0 Å². The third-order valence-corrected chi connectivity index (χ3v) is 2.34. The molecule has 0 bridgehead atoms. The van der Waals surface area contributed by atoms with E-state index in [1.54, 1.807) is 0 Å². The number of nitrogens with one attached hydrogen (secondary N) is 1. The summed E-state index contributed by atoms with van der Waals surface area (Å²) < 4.78 is 5.23. The van der Waals surface area contributed by atoms with E-state index in [9.17, 15) is 0 Å². The number of benzene rings is 1. The highest BCUT2D eigenvalue weighted by Gasteiger charge is 2.04. The molecule has 3 heteroatoms. The summed E-state index contributed by atoms with van der Waals surface area (Å²) in [5, 5.41) is 1.20. The Kier molecular flexibility index (Phi) is 2.46. The lowest BCUT2D eigenvalue weighted by molar-refractivity contribution is 0.602. The molecule has 0 amide bonds. The van der Waals surface area contributed by atoms with Crippen LogP contribution in [0.25, 0.3) is 22.0 Å². The van der Waals surface area contributed by atoms with E-state index in [0.29, 0.717) is 0 Å². The molecule has 0 radical (unpaired) electrons. The first-order valence-corrected chi connectivity index (χ1v) is 5.15. The highest BCUT2D eigenvalue weighted by atomic mass is 16.3. The molecule has 3 nitrogen and oxygen atoms in total. The summed E-state index contributed by atoms with van der Waals surface area (Å²) in [7, 11) is 0. The van der Waals surface area contributed by atoms with E-state index in [-0.39, 0.29) is 0 Å². The molecule has 2 aromatic heterocycles. The molecule has 1 N–H and O–H groups in total. The molecule has 1 aromatic carbocycles. The average molecular weight is 202 g/mol. The van der Waals surface area contributed by atoms with E-state index >= 15 is 0 Å². The predicted molar refractivity (Wildman–Crippen MR) is 62.0 cm³/mol. The molecule has 3 aromatic rings. The minimum absolute atomic E-state index is 0.843. The second kappa shape index (κ2) is 3.77. The van der Waals surface area contributed by atoms with Crippen molar-refractivity contribution >= 4 is 22.0 Å². The van der Waals surface area contributed by atoms with Crippen molar-refractivity contribution in [3.8, 4) is 0 Å². The van der Waals surface area contributed by atoms with Gasteiger partial charge < -0.3 is 9.40 Å². The number of rotatable bonds is 0. The molecular formula is C12H14N2O. The molecule has 15 heavy (non-hydrogen) atoms. The summed E-state index contributed by atoms with van der Waals surface area (Å²) in [6, 6.07) is 4.02. The Balaban J connectivity index is 0.000000404. The number of H-pyrrole nitrogens is 1. The fraction of sp³-hybridized carbons (Fsp3) is 0.250. The van der Waals surface area contributed by atoms with Crippen LogP contribution in [0.5, 0.6) is 0 Å². The molecule has 2 heterocycles. The van der Waals surface area contributed by atoms with Crippen molar-refractivity contribution in [2.45, 2.75) is 20.8 Å². The van der Waals surface area contributed by atoms with Gasteiger partial charge >= 0.3 is 0 Å². The van der Waals surface area contributed by atoms with Crippen molar-refractivity contribution in [3.05, 3.63) is 30.3 Å². The van der Waals surface area contributed by atoms with Gasteiger partial charge in [0.1, 0.15) is 5.52 Å². The molecule has 0 aliphatic rings. The number of aromatic nitrogens is 2. The van der Waals surface area contributed by atoms with Gasteiger partial charge in [-0.25, -0.2) is 4.98 Å². The number of nitrogens with zero attached hydrogens (tertiary/aromatic N) is 1. The van der Waals surface area contributed by atoms with Crippen LogP contribution in [0.2, 0.25) is 0 Å². The molecule has 0 saturated carbocycles. The highest BCUT2D eigenvalue weighted by Crippen LogP contribution is 2.23. The molecule has 0 spiro atoms. The Morgan fingerprint density at radius 2 is 2.07 bits per heavy atom. The number of aryl methyl sites for hydroxylation is 1. The second-order valence-electron chi connectivity index (χ2n) is 3.19. The number of fused-ring (bicyclic) bond motifs is 2. The maximum Gasteiger partial charge on any atom is 0.181 e. The smallest absolute Gasteiger partial charge is 0.181 e. The topological polar surface area (TPSA) is 41.8 Å². The lowest BCUT2D eigenvalue weighted by atomic mass is 10.2. The van der Waals surface area contributed by atoms with Gasteiger partial charge in [0.25, 0.3) is 0 Å². The van der Waals surface area contributed by atoms with Crippen molar-refractivity contribution in [2.75, 3.05) is 0 Å². The average Bonchev–Trinajstić information content (AvgIpc) is 2.86. The highest BCUT2D eigenvalue weighted by molar-refractivity contribution is 5.94. The predicted octanol–water partition coefficient (Wildman–Crippen LogP) is 3.64. The van der Waals surface area contributed by atoms with E-state index in [4.69, 9.17) is 4.42 Å². The molecule has 0 saturated heterocycles. The number of hydrogen-bond acceptors (Lipinski definition) is 2. The van der Waals surface area contributed by atoms with E-state index < -0.39 is 0 Å². The Morgan fingerprint density at radius 3 is 2.87 bits per heavy atom. The van der Waals surface area contributed by atoms with Crippen LogP contribution < -0.4 is 0 Å². The minimum atomic E-state index is 0.843. The van der Waals surface area contributed by atoms with Crippen LogP contribution >= 0.6 is 0 Å². The fourth-order valence-corrected chi connectivity index (χ4v) is 1.61. The van der Waals surface area contributed by atoms with Crippen LogP contribution in [0.3, 0.4) is 0 Å². The van der Waals surface area contributed by atoms with Crippen molar-refractivity contribution in [2.24, 2.45) is 0 Å².